The third-order valence-electron chi connectivity index (χ3n) is 3.66. The highest BCUT2D eigenvalue weighted by Gasteiger charge is 2.29. The molecule has 1 heterocycles. The summed E-state index contributed by atoms with van der Waals surface area (Å²) in [5.41, 5.74) is 0.0920. The molecule has 0 aliphatic carbocycles. The molecule has 0 saturated carbocycles. The second-order valence-electron chi connectivity index (χ2n) is 5.31. The van der Waals surface area contributed by atoms with Crippen molar-refractivity contribution in [1.82, 2.24) is 4.90 Å². The van der Waals surface area contributed by atoms with Crippen LogP contribution in [0.2, 0.25) is 5.02 Å². The SMILES string of the molecule is CN1CCCC(O)(Cc2ccc(Cl)c(F)c2)CC1. The zero-order chi connectivity index (χ0) is 13.2. The Kier molecular flexibility index (Phi) is 4.25. The van der Waals surface area contributed by atoms with Crippen LogP contribution in [0.25, 0.3) is 0 Å². The van der Waals surface area contributed by atoms with Crippen LogP contribution in [0.4, 0.5) is 4.39 Å². The Morgan fingerprint density at radius 1 is 1.39 bits per heavy atom. The van der Waals surface area contributed by atoms with E-state index in [0.29, 0.717) is 6.42 Å². The first-order valence-electron chi connectivity index (χ1n) is 6.33. The Hall–Kier alpha value is -0.640. The van der Waals surface area contributed by atoms with Crippen LogP contribution in [0.3, 0.4) is 0 Å². The van der Waals surface area contributed by atoms with Gasteiger partial charge in [-0.05, 0) is 50.6 Å². The van der Waals surface area contributed by atoms with E-state index in [2.05, 4.69) is 11.9 Å². The minimum absolute atomic E-state index is 0.131. The molecule has 1 N–H and O–H groups in total. The molecule has 1 atom stereocenters. The molecule has 0 aromatic heterocycles. The molecule has 1 fully saturated rings. The Balaban J connectivity index is 2.09. The first kappa shape index (κ1) is 13.8. The Bertz CT molecular complexity index is 426. The maximum atomic E-state index is 13.4. The number of aliphatic hydroxyl groups is 1. The number of hydrogen-bond donors (Lipinski definition) is 1. The van der Waals surface area contributed by atoms with Crippen molar-refractivity contribution in [2.24, 2.45) is 0 Å². The predicted octanol–water partition coefficient (Wildman–Crippen LogP) is 2.87. The maximum Gasteiger partial charge on any atom is 0.142 e. The lowest BCUT2D eigenvalue weighted by Crippen LogP contribution is -2.32. The van der Waals surface area contributed by atoms with Gasteiger partial charge in [0, 0.05) is 13.0 Å². The second kappa shape index (κ2) is 5.55. The van der Waals surface area contributed by atoms with Gasteiger partial charge < -0.3 is 10.0 Å². The summed E-state index contributed by atoms with van der Waals surface area (Å²) < 4.78 is 13.4. The van der Waals surface area contributed by atoms with Gasteiger partial charge in [0.05, 0.1) is 10.6 Å². The van der Waals surface area contributed by atoms with Crippen molar-refractivity contribution in [2.75, 3.05) is 20.1 Å². The standard InChI is InChI=1S/C14H19ClFNO/c1-17-7-2-5-14(18,6-8-17)10-11-3-4-12(15)13(16)9-11/h3-4,9,18H,2,5-8,10H2,1H3. The summed E-state index contributed by atoms with van der Waals surface area (Å²) in [6.07, 6.45) is 2.97. The fraction of sp³-hybridized carbons (Fsp3) is 0.571. The zero-order valence-electron chi connectivity index (χ0n) is 10.6. The molecule has 2 rings (SSSR count). The van der Waals surface area contributed by atoms with Crippen LogP contribution in [0.15, 0.2) is 18.2 Å². The summed E-state index contributed by atoms with van der Waals surface area (Å²) in [6.45, 7) is 1.89. The van der Waals surface area contributed by atoms with Crippen LogP contribution < -0.4 is 0 Å². The lowest BCUT2D eigenvalue weighted by atomic mass is 9.88. The van der Waals surface area contributed by atoms with Gasteiger partial charge in [-0.15, -0.1) is 0 Å². The van der Waals surface area contributed by atoms with Crippen LogP contribution in [0.5, 0.6) is 0 Å². The summed E-state index contributed by atoms with van der Waals surface area (Å²) in [7, 11) is 2.06. The minimum atomic E-state index is -0.717. The molecule has 1 aliphatic rings. The normalized spacial score (nSPS) is 26.0. The first-order valence-corrected chi connectivity index (χ1v) is 6.71. The number of halogens is 2. The highest BCUT2D eigenvalue weighted by Crippen LogP contribution is 2.27. The average Bonchev–Trinajstić information content (AvgIpc) is 2.47. The molecule has 0 bridgehead atoms. The number of hydrogen-bond acceptors (Lipinski definition) is 2. The topological polar surface area (TPSA) is 23.5 Å². The van der Waals surface area contributed by atoms with Crippen molar-refractivity contribution in [2.45, 2.75) is 31.3 Å². The quantitative estimate of drug-likeness (QED) is 0.894. The van der Waals surface area contributed by atoms with Crippen LogP contribution in [0, 0.1) is 5.82 Å². The van der Waals surface area contributed by atoms with Crippen LogP contribution in [-0.2, 0) is 6.42 Å². The van der Waals surface area contributed by atoms with E-state index in [1.54, 1.807) is 12.1 Å². The molecule has 18 heavy (non-hydrogen) atoms. The fourth-order valence-corrected chi connectivity index (χ4v) is 2.64. The molecule has 1 aromatic rings. The Morgan fingerprint density at radius 2 is 2.17 bits per heavy atom. The van der Waals surface area contributed by atoms with Crippen molar-refractivity contribution in [3.8, 4) is 0 Å². The maximum absolute atomic E-state index is 13.4. The lowest BCUT2D eigenvalue weighted by Gasteiger charge is -2.26. The molecule has 4 heteroatoms. The van der Waals surface area contributed by atoms with E-state index in [0.717, 1.165) is 37.9 Å². The van der Waals surface area contributed by atoms with E-state index in [1.165, 1.54) is 6.07 Å². The molecule has 1 aliphatic heterocycles. The summed E-state index contributed by atoms with van der Waals surface area (Å²) in [6, 6.07) is 4.77. The first-order chi connectivity index (χ1) is 8.48. The van der Waals surface area contributed by atoms with Crippen molar-refractivity contribution in [3.63, 3.8) is 0 Å². The molecule has 0 spiro atoms. The third kappa shape index (κ3) is 3.44. The van der Waals surface area contributed by atoms with E-state index < -0.39 is 11.4 Å². The molecular formula is C14H19ClFNO. The van der Waals surface area contributed by atoms with Gasteiger partial charge in [-0.2, -0.15) is 0 Å². The molecule has 2 nitrogen and oxygen atoms in total. The minimum Gasteiger partial charge on any atom is -0.389 e. The summed E-state index contributed by atoms with van der Waals surface area (Å²) in [5.74, 6) is -0.413. The summed E-state index contributed by atoms with van der Waals surface area (Å²) in [4.78, 5) is 2.22. The van der Waals surface area contributed by atoms with Gasteiger partial charge in [0.1, 0.15) is 5.82 Å². The monoisotopic (exact) mass is 271 g/mol. The highest BCUT2D eigenvalue weighted by atomic mass is 35.5. The van der Waals surface area contributed by atoms with Gasteiger partial charge in [-0.1, -0.05) is 17.7 Å². The molecule has 1 saturated heterocycles. The van der Waals surface area contributed by atoms with Crippen molar-refractivity contribution in [3.05, 3.63) is 34.6 Å². The van der Waals surface area contributed by atoms with Gasteiger partial charge >= 0.3 is 0 Å². The lowest BCUT2D eigenvalue weighted by molar-refractivity contribution is 0.0262. The molecule has 1 unspecified atom stereocenters. The average molecular weight is 272 g/mol. The van der Waals surface area contributed by atoms with Crippen molar-refractivity contribution in [1.29, 1.82) is 0 Å². The van der Waals surface area contributed by atoms with E-state index in [4.69, 9.17) is 11.6 Å². The zero-order valence-corrected chi connectivity index (χ0v) is 11.4. The molecule has 0 radical (unpaired) electrons. The van der Waals surface area contributed by atoms with E-state index in [-0.39, 0.29) is 5.02 Å². The van der Waals surface area contributed by atoms with Gasteiger partial charge in [0.2, 0.25) is 0 Å². The molecule has 0 amide bonds. The number of nitrogens with zero attached hydrogens (tertiary/aromatic N) is 1. The van der Waals surface area contributed by atoms with E-state index >= 15 is 0 Å². The van der Waals surface area contributed by atoms with Crippen molar-refractivity contribution < 1.29 is 9.50 Å². The summed E-state index contributed by atoms with van der Waals surface area (Å²) in [5, 5.41) is 10.7. The van der Waals surface area contributed by atoms with E-state index in [9.17, 15) is 9.50 Å². The molecule has 1 aromatic carbocycles. The fourth-order valence-electron chi connectivity index (χ4n) is 2.52. The van der Waals surface area contributed by atoms with Gasteiger partial charge in [0.15, 0.2) is 0 Å². The van der Waals surface area contributed by atoms with Crippen LogP contribution >= 0.6 is 11.6 Å². The Labute approximate surface area is 112 Å². The molecular weight excluding hydrogens is 253 g/mol. The number of benzene rings is 1. The second-order valence-corrected chi connectivity index (χ2v) is 5.71. The van der Waals surface area contributed by atoms with Gasteiger partial charge in [-0.25, -0.2) is 4.39 Å². The van der Waals surface area contributed by atoms with Gasteiger partial charge in [-0.3, -0.25) is 0 Å². The highest BCUT2D eigenvalue weighted by molar-refractivity contribution is 6.30. The number of rotatable bonds is 2. The third-order valence-corrected chi connectivity index (χ3v) is 3.96. The molecule has 100 valence electrons. The van der Waals surface area contributed by atoms with Gasteiger partial charge in [0.25, 0.3) is 0 Å². The largest absolute Gasteiger partial charge is 0.389 e. The summed E-state index contributed by atoms with van der Waals surface area (Å²) >= 11 is 5.66. The van der Waals surface area contributed by atoms with Crippen molar-refractivity contribution >= 4 is 11.6 Å². The van der Waals surface area contributed by atoms with Crippen LogP contribution in [-0.4, -0.2) is 35.7 Å². The van der Waals surface area contributed by atoms with E-state index in [1.807, 2.05) is 0 Å². The van der Waals surface area contributed by atoms with Crippen LogP contribution in [0.1, 0.15) is 24.8 Å². The Morgan fingerprint density at radius 3 is 2.89 bits per heavy atom. The smallest absolute Gasteiger partial charge is 0.142 e. The predicted molar refractivity (Wildman–Crippen MR) is 71.4 cm³/mol. The number of likely N-dealkylation sites (tertiary alicyclic amines) is 1.